The first-order valence-corrected chi connectivity index (χ1v) is 11.9. The minimum absolute atomic E-state index is 0.0140. The van der Waals surface area contributed by atoms with E-state index >= 15 is 0 Å². The number of carbonyl (C=O) groups excluding carboxylic acids is 2. The van der Waals surface area contributed by atoms with Gasteiger partial charge in [0.2, 0.25) is 5.91 Å². The number of morpholine rings is 1. The molecule has 7 nitrogen and oxygen atoms in total. The summed E-state index contributed by atoms with van der Waals surface area (Å²) in [6.07, 6.45) is 3.34. The molecule has 174 valence electrons. The van der Waals surface area contributed by atoms with E-state index < -0.39 is 0 Å². The number of aryl methyl sites for hydroxylation is 2. The molecule has 2 unspecified atom stereocenters. The molecule has 2 atom stereocenters. The van der Waals surface area contributed by atoms with Crippen LogP contribution in [-0.4, -0.2) is 72.3 Å². The van der Waals surface area contributed by atoms with Gasteiger partial charge in [0.15, 0.2) is 0 Å². The Labute approximate surface area is 191 Å². The first-order chi connectivity index (χ1) is 15.3. The zero-order valence-electron chi connectivity index (χ0n) is 19.8. The highest BCUT2D eigenvalue weighted by molar-refractivity contribution is 6.40. The summed E-state index contributed by atoms with van der Waals surface area (Å²) < 4.78 is 5.85. The molecule has 7 heteroatoms. The summed E-state index contributed by atoms with van der Waals surface area (Å²) in [4.78, 5) is 30.2. The van der Waals surface area contributed by atoms with Gasteiger partial charge in [0.1, 0.15) is 5.71 Å². The second-order valence-electron chi connectivity index (χ2n) is 9.75. The molecule has 2 amide bonds. The van der Waals surface area contributed by atoms with Crippen LogP contribution in [0.4, 0.5) is 5.69 Å². The highest BCUT2D eigenvalue weighted by Gasteiger charge is 2.32. The minimum Gasteiger partial charge on any atom is -0.373 e. The Bertz CT molecular complexity index is 881. The van der Waals surface area contributed by atoms with Crippen LogP contribution in [0.1, 0.15) is 50.7 Å². The highest BCUT2D eigenvalue weighted by atomic mass is 16.5. The quantitative estimate of drug-likeness (QED) is 0.722. The second kappa shape index (κ2) is 9.71. The standard InChI is InChI=1S/C25H36N4O3/c1-17-5-6-18(2)23(13-17)29-24(30)8-7-22(26-29)25(31)28-11-9-21(10-12-28)16-27-14-19(3)32-20(4)15-27/h5-6,13,19-21H,7-12,14-16H2,1-4H3. The summed E-state index contributed by atoms with van der Waals surface area (Å²) in [5, 5.41) is 5.96. The third kappa shape index (κ3) is 5.21. The van der Waals surface area contributed by atoms with Gasteiger partial charge < -0.3 is 9.64 Å². The van der Waals surface area contributed by atoms with Crippen LogP contribution < -0.4 is 5.01 Å². The SMILES string of the molecule is Cc1ccc(C)c(N2N=C(C(=O)N3CCC(CN4CC(C)OC(C)C4)CC3)CCC2=O)c1. The Morgan fingerprint density at radius 2 is 1.78 bits per heavy atom. The fraction of sp³-hybridized carbons (Fsp3) is 0.640. The molecule has 0 N–H and O–H groups in total. The Hall–Kier alpha value is -2.25. The number of nitrogens with zero attached hydrogens (tertiary/aromatic N) is 4. The summed E-state index contributed by atoms with van der Waals surface area (Å²) in [6.45, 7) is 12.8. The van der Waals surface area contributed by atoms with Gasteiger partial charge in [-0.25, -0.2) is 5.01 Å². The van der Waals surface area contributed by atoms with Gasteiger partial charge in [0, 0.05) is 45.6 Å². The van der Waals surface area contributed by atoms with Gasteiger partial charge in [-0.05, 0) is 63.6 Å². The van der Waals surface area contributed by atoms with E-state index in [1.54, 1.807) is 0 Å². The van der Waals surface area contributed by atoms with Crippen LogP contribution in [0, 0.1) is 19.8 Å². The molecule has 0 spiro atoms. The van der Waals surface area contributed by atoms with Gasteiger partial charge in [0.05, 0.1) is 17.9 Å². The minimum atomic E-state index is -0.0528. The van der Waals surface area contributed by atoms with E-state index in [1.165, 1.54) is 5.01 Å². The molecule has 3 aliphatic heterocycles. The number of hydrazone groups is 1. The molecule has 2 fully saturated rings. The number of ether oxygens (including phenoxy) is 1. The van der Waals surface area contributed by atoms with Crippen molar-refractivity contribution in [2.24, 2.45) is 11.0 Å². The van der Waals surface area contributed by atoms with E-state index in [-0.39, 0.29) is 24.0 Å². The molecule has 3 heterocycles. The van der Waals surface area contributed by atoms with E-state index in [4.69, 9.17) is 4.74 Å². The Kier molecular flexibility index (Phi) is 6.96. The van der Waals surface area contributed by atoms with E-state index in [1.807, 2.05) is 36.9 Å². The Balaban J connectivity index is 1.37. The fourth-order valence-electron chi connectivity index (χ4n) is 5.14. The smallest absolute Gasteiger partial charge is 0.270 e. The maximum absolute atomic E-state index is 13.2. The van der Waals surface area contributed by atoms with Crippen molar-refractivity contribution in [2.45, 2.75) is 65.6 Å². The van der Waals surface area contributed by atoms with Gasteiger partial charge in [-0.2, -0.15) is 5.10 Å². The fourth-order valence-corrected chi connectivity index (χ4v) is 5.14. The summed E-state index contributed by atoms with van der Waals surface area (Å²) >= 11 is 0. The number of piperidine rings is 1. The van der Waals surface area contributed by atoms with E-state index in [0.29, 0.717) is 24.5 Å². The van der Waals surface area contributed by atoms with Crippen LogP contribution in [0.5, 0.6) is 0 Å². The number of amides is 2. The monoisotopic (exact) mass is 440 g/mol. The van der Waals surface area contributed by atoms with Crippen molar-refractivity contribution < 1.29 is 14.3 Å². The molecular weight excluding hydrogens is 404 g/mol. The molecule has 2 saturated heterocycles. The lowest BCUT2D eigenvalue weighted by Gasteiger charge is -2.39. The molecule has 0 radical (unpaired) electrons. The number of hydrogen-bond donors (Lipinski definition) is 0. The molecule has 1 aromatic rings. The molecule has 4 rings (SSSR count). The molecule has 0 aliphatic carbocycles. The third-order valence-corrected chi connectivity index (χ3v) is 6.79. The van der Waals surface area contributed by atoms with Gasteiger partial charge in [-0.1, -0.05) is 12.1 Å². The summed E-state index contributed by atoms with van der Waals surface area (Å²) in [6, 6.07) is 5.97. The Morgan fingerprint density at radius 1 is 1.09 bits per heavy atom. The van der Waals surface area contributed by atoms with Crippen molar-refractivity contribution in [3.8, 4) is 0 Å². The zero-order chi connectivity index (χ0) is 22.8. The normalized spacial score (nSPS) is 25.8. The molecule has 0 bridgehead atoms. The Morgan fingerprint density at radius 3 is 2.47 bits per heavy atom. The lowest BCUT2D eigenvalue weighted by Crippen LogP contribution is -2.49. The van der Waals surface area contributed by atoms with Gasteiger partial charge in [0.25, 0.3) is 5.91 Å². The van der Waals surface area contributed by atoms with Crippen molar-refractivity contribution in [1.82, 2.24) is 9.80 Å². The average Bonchev–Trinajstić information content (AvgIpc) is 2.75. The van der Waals surface area contributed by atoms with Crippen molar-refractivity contribution >= 4 is 23.2 Å². The average molecular weight is 441 g/mol. The van der Waals surface area contributed by atoms with Crippen LogP contribution in [0.25, 0.3) is 0 Å². The lowest BCUT2D eigenvalue weighted by molar-refractivity contribution is -0.126. The van der Waals surface area contributed by atoms with Gasteiger partial charge >= 0.3 is 0 Å². The number of likely N-dealkylation sites (tertiary alicyclic amines) is 1. The molecule has 32 heavy (non-hydrogen) atoms. The maximum Gasteiger partial charge on any atom is 0.270 e. The van der Waals surface area contributed by atoms with Crippen molar-refractivity contribution in [1.29, 1.82) is 0 Å². The first kappa shape index (κ1) is 22.9. The topological polar surface area (TPSA) is 65.5 Å². The zero-order valence-corrected chi connectivity index (χ0v) is 19.8. The molecule has 1 aromatic carbocycles. The molecule has 0 saturated carbocycles. The largest absolute Gasteiger partial charge is 0.373 e. The van der Waals surface area contributed by atoms with E-state index in [0.717, 1.165) is 62.4 Å². The highest BCUT2D eigenvalue weighted by Crippen LogP contribution is 2.27. The lowest BCUT2D eigenvalue weighted by atomic mass is 9.95. The van der Waals surface area contributed by atoms with Gasteiger partial charge in [-0.15, -0.1) is 0 Å². The van der Waals surface area contributed by atoms with Crippen LogP contribution >= 0.6 is 0 Å². The van der Waals surface area contributed by atoms with Crippen molar-refractivity contribution in [2.75, 3.05) is 37.7 Å². The van der Waals surface area contributed by atoms with Crippen molar-refractivity contribution in [3.05, 3.63) is 29.3 Å². The van der Waals surface area contributed by atoms with Crippen LogP contribution in [0.3, 0.4) is 0 Å². The second-order valence-corrected chi connectivity index (χ2v) is 9.75. The summed E-state index contributed by atoms with van der Waals surface area (Å²) in [7, 11) is 0. The summed E-state index contributed by atoms with van der Waals surface area (Å²) in [5.74, 6) is 0.542. The van der Waals surface area contributed by atoms with Crippen LogP contribution in [0.15, 0.2) is 23.3 Å². The van der Waals surface area contributed by atoms with E-state index in [2.05, 4.69) is 23.8 Å². The third-order valence-electron chi connectivity index (χ3n) is 6.79. The first-order valence-electron chi connectivity index (χ1n) is 11.9. The molecule has 0 aromatic heterocycles. The maximum atomic E-state index is 13.2. The van der Waals surface area contributed by atoms with Gasteiger partial charge in [-0.3, -0.25) is 14.5 Å². The number of rotatable bonds is 4. The number of benzene rings is 1. The van der Waals surface area contributed by atoms with Crippen LogP contribution in [-0.2, 0) is 14.3 Å². The number of hydrogen-bond acceptors (Lipinski definition) is 5. The van der Waals surface area contributed by atoms with Crippen molar-refractivity contribution in [3.63, 3.8) is 0 Å². The number of carbonyl (C=O) groups is 2. The molecular formula is C25H36N4O3. The number of anilines is 1. The molecule has 3 aliphatic rings. The summed E-state index contributed by atoms with van der Waals surface area (Å²) in [5.41, 5.74) is 3.32. The predicted molar refractivity (Wildman–Crippen MR) is 126 cm³/mol. The predicted octanol–water partition coefficient (Wildman–Crippen LogP) is 3.13. The van der Waals surface area contributed by atoms with Crippen LogP contribution in [0.2, 0.25) is 0 Å². The van der Waals surface area contributed by atoms with E-state index in [9.17, 15) is 9.59 Å².